The summed E-state index contributed by atoms with van der Waals surface area (Å²) in [5.74, 6) is -2.76. The average molecular weight is 329 g/mol. The van der Waals surface area contributed by atoms with Crippen molar-refractivity contribution in [2.75, 3.05) is 6.54 Å². The van der Waals surface area contributed by atoms with Crippen molar-refractivity contribution >= 4 is 5.97 Å². The summed E-state index contributed by atoms with van der Waals surface area (Å²) in [5, 5.41) is 10.6. The molecule has 0 spiro atoms. The van der Waals surface area contributed by atoms with Gasteiger partial charge in [-0.3, -0.25) is 0 Å². The Morgan fingerprint density at radius 1 is 1.35 bits per heavy atom. The van der Waals surface area contributed by atoms with Crippen molar-refractivity contribution in [2.24, 2.45) is 0 Å². The maximum atomic E-state index is 10.6. The van der Waals surface area contributed by atoms with E-state index in [9.17, 15) is 13.2 Å². The van der Waals surface area contributed by atoms with Crippen LogP contribution in [0.3, 0.4) is 0 Å². The van der Waals surface area contributed by atoms with Crippen molar-refractivity contribution in [1.29, 1.82) is 0 Å². The van der Waals surface area contributed by atoms with Gasteiger partial charge in [-0.25, -0.2) is 9.78 Å². The number of aliphatic carboxylic acids is 1. The fraction of sp³-hybridized carbons (Fsp3) is 0.333. The minimum absolute atomic E-state index is 0.393. The molecule has 0 saturated heterocycles. The van der Waals surface area contributed by atoms with Crippen LogP contribution in [0.25, 0.3) is 0 Å². The number of hydrogen-bond acceptors (Lipinski definition) is 3. The smallest absolute Gasteiger partial charge is 0.475 e. The van der Waals surface area contributed by atoms with E-state index in [1.54, 1.807) is 6.33 Å². The fourth-order valence-electron chi connectivity index (χ4n) is 1.70. The van der Waals surface area contributed by atoms with Crippen LogP contribution in [0, 0.1) is 0 Å². The van der Waals surface area contributed by atoms with Gasteiger partial charge in [0, 0.05) is 30.9 Å². The first-order valence-corrected chi connectivity index (χ1v) is 6.86. The molecule has 0 unspecified atom stereocenters. The molecule has 0 fully saturated rings. The molecule has 1 atom stereocenters. The summed E-state index contributed by atoms with van der Waals surface area (Å²) in [6, 6.07) is 10.9. The van der Waals surface area contributed by atoms with Crippen LogP contribution < -0.4 is 5.32 Å². The maximum absolute atomic E-state index is 10.6. The Balaban J connectivity index is 0.000000322. The minimum Gasteiger partial charge on any atom is -0.475 e. The number of carboxylic acid groups (broad SMARTS) is 1. The summed E-state index contributed by atoms with van der Waals surface area (Å²) >= 11 is 0. The van der Waals surface area contributed by atoms with Crippen molar-refractivity contribution in [3.05, 3.63) is 54.1 Å². The fourth-order valence-corrected chi connectivity index (χ4v) is 1.70. The number of hydrogen-bond donors (Lipinski definition) is 3. The molecule has 126 valence electrons. The number of rotatable bonds is 5. The molecule has 1 heterocycles. The van der Waals surface area contributed by atoms with Crippen LogP contribution in [0.4, 0.5) is 13.2 Å². The molecular weight excluding hydrogens is 311 g/mol. The highest BCUT2D eigenvalue weighted by molar-refractivity contribution is 5.73. The van der Waals surface area contributed by atoms with E-state index in [4.69, 9.17) is 9.90 Å². The Morgan fingerprint density at radius 3 is 2.43 bits per heavy atom. The molecule has 2 aromatic rings. The van der Waals surface area contributed by atoms with Crippen LogP contribution in [-0.4, -0.2) is 33.8 Å². The largest absolute Gasteiger partial charge is 0.490 e. The quantitative estimate of drug-likeness (QED) is 0.788. The predicted octanol–water partition coefficient (Wildman–Crippen LogP) is 2.94. The van der Waals surface area contributed by atoms with Crippen molar-refractivity contribution < 1.29 is 23.1 Å². The zero-order chi connectivity index (χ0) is 17.3. The molecule has 5 nitrogen and oxygen atoms in total. The van der Waals surface area contributed by atoms with Crippen LogP contribution in [0.2, 0.25) is 0 Å². The van der Waals surface area contributed by atoms with E-state index in [1.807, 2.05) is 12.3 Å². The van der Waals surface area contributed by atoms with E-state index >= 15 is 0 Å². The lowest BCUT2D eigenvalue weighted by Crippen LogP contribution is -2.21. The second kappa shape index (κ2) is 8.94. The van der Waals surface area contributed by atoms with Gasteiger partial charge in [-0.1, -0.05) is 30.3 Å². The van der Waals surface area contributed by atoms with Crippen molar-refractivity contribution in [3.63, 3.8) is 0 Å². The molecule has 0 aliphatic carbocycles. The zero-order valence-electron chi connectivity index (χ0n) is 12.5. The molecule has 3 N–H and O–H groups in total. The lowest BCUT2D eigenvalue weighted by Gasteiger charge is -2.13. The van der Waals surface area contributed by atoms with E-state index in [1.165, 1.54) is 11.3 Å². The molecule has 23 heavy (non-hydrogen) atoms. The number of aromatic amines is 1. The zero-order valence-corrected chi connectivity index (χ0v) is 12.5. The van der Waals surface area contributed by atoms with Crippen LogP contribution in [0.15, 0.2) is 42.9 Å². The summed E-state index contributed by atoms with van der Waals surface area (Å²) in [4.78, 5) is 16.0. The first-order valence-electron chi connectivity index (χ1n) is 6.86. The summed E-state index contributed by atoms with van der Waals surface area (Å²) in [6.07, 6.45) is -0.512. The van der Waals surface area contributed by atoms with Crippen molar-refractivity contribution in [1.82, 2.24) is 15.3 Å². The lowest BCUT2D eigenvalue weighted by atomic mass is 10.1. The first-order chi connectivity index (χ1) is 10.8. The monoisotopic (exact) mass is 329 g/mol. The van der Waals surface area contributed by atoms with E-state index in [2.05, 4.69) is 46.5 Å². The third-order valence-electron chi connectivity index (χ3n) is 2.94. The molecule has 0 aliphatic heterocycles. The van der Waals surface area contributed by atoms with E-state index in [-0.39, 0.29) is 0 Å². The summed E-state index contributed by atoms with van der Waals surface area (Å²) in [6.45, 7) is 3.14. The molecule has 0 radical (unpaired) electrons. The third-order valence-corrected chi connectivity index (χ3v) is 2.94. The molecule has 1 aromatic heterocycles. The van der Waals surface area contributed by atoms with Gasteiger partial charge in [0.1, 0.15) is 0 Å². The van der Waals surface area contributed by atoms with Crippen LogP contribution in [0.5, 0.6) is 0 Å². The third kappa shape index (κ3) is 7.46. The van der Waals surface area contributed by atoms with Gasteiger partial charge in [-0.15, -0.1) is 0 Å². The summed E-state index contributed by atoms with van der Waals surface area (Å²) < 4.78 is 31.7. The molecule has 0 aliphatic rings. The Bertz CT molecular complexity index is 571. The van der Waals surface area contributed by atoms with Crippen molar-refractivity contribution in [3.8, 4) is 0 Å². The van der Waals surface area contributed by atoms with E-state index in [0.29, 0.717) is 6.04 Å². The second-order valence-corrected chi connectivity index (χ2v) is 4.72. The Kier molecular flexibility index (Phi) is 7.27. The molecule has 2 rings (SSSR count). The molecule has 0 amide bonds. The van der Waals surface area contributed by atoms with E-state index < -0.39 is 12.1 Å². The van der Waals surface area contributed by atoms with Crippen LogP contribution in [0.1, 0.15) is 24.2 Å². The Labute approximate surface area is 131 Å². The van der Waals surface area contributed by atoms with Gasteiger partial charge in [0.15, 0.2) is 0 Å². The number of nitrogens with zero attached hydrogens (tertiary/aromatic N) is 1. The predicted molar refractivity (Wildman–Crippen MR) is 78.8 cm³/mol. The Morgan fingerprint density at radius 2 is 1.96 bits per heavy atom. The topological polar surface area (TPSA) is 78.0 Å². The number of H-pyrrole nitrogens is 1. The van der Waals surface area contributed by atoms with Gasteiger partial charge in [0.05, 0.1) is 6.33 Å². The number of halogens is 3. The van der Waals surface area contributed by atoms with Gasteiger partial charge < -0.3 is 15.4 Å². The number of carboxylic acids is 1. The molecular formula is C15H18F3N3O2. The van der Waals surface area contributed by atoms with Crippen LogP contribution >= 0.6 is 0 Å². The minimum atomic E-state index is -5.08. The number of nitrogens with one attached hydrogen (secondary N) is 2. The molecule has 0 saturated carbocycles. The number of alkyl halides is 3. The summed E-state index contributed by atoms with van der Waals surface area (Å²) in [5.41, 5.74) is 2.50. The second-order valence-electron chi connectivity index (χ2n) is 4.72. The van der Waals surface area contributed by atoms with Crippen molar-refractivity contribution in [2.45, 2.75) is 25.6 Å². The van der Waals surface area contributed by atoms with Gasteiger partial charge in [-0.05, 0) is 12.5 Å². The molecule has 1 aromatic carbocycles. The summed E-state index contributed by atoms with van der Waals surface area (Å²) in [7, 11) is 0. The van der Waals surface area contributed by atoms with E-state index in [0.717, 1.165) is 13.0 Å². The highest BCUT2D eigenvalue weighted by Gasteiger charge is 2.38. The van der Waals surface area contributed by atoms with Gasteiger partial charge >= 0.3 is 12.1 Å². The van der Waals surface area contributed by atoms with Gasteiger partial charge in [0.25, 0.3) is 0 Å². The first kappa shape index (κ1) is 18.7. The standard InChI is InChI=1S/C13H17N3.C2HF3O2/c1-11(12-5-3-2-4-6-12)15-8-7-13-9-14-10-16-13;3-2(4,5)1(6)7/h2-6,9-11,15H,7-8H2,1H3,(H,14,16);(H,6,7)/t11-;/m1./s1. The van der Waals surface area contributed by atoms with Crippen LogP contribution in [-0.2, 0) is 11.2 Å². The number of imidazole rings is 1. The number of benzene rings is 1. The van der Waals surface area contributed by atoms with Gasteiger partial charge in [-0.2, -0.15) is 13.2 Å². The number of carbonyl (C=O) groups is 1. The maximum Gasteiger partial charge on any atom is 0.490 e. The normalized spacial score (nSPS) is 12.2. The molecule has 0 bridgehead atoms. The number of aromatic nitrogens is 2. The average Bonchev–Trinajstić information content (AvgIpc) is 3.01. The lowest BCUT2D eigenvalue weighted by molar-refractivity contribution is -0.192. The Hall–Kier alpha value is -2.35. The highest BCUT2D eigenvalue weighted by Crippen LogP contribution is 2.13. The highest BCUT2D eigenvalue weighted by atomic mass is 19.4. The molecule has 8 heteroatoms. The SMILES string of the molecule is C[C@@H](NCCc1cnc[nH]1)c1ccccc1.O=C(O)C(F)(F)F. The van der Waals surface area contributed by atoms with Gasteiger partial charge in [0.2, 0.25) is 0 Å².